The van der Waals surface area contributed by atoms with Crippen molar-refractivity contribution in [3.8, 4) is 5.82 Å². The van der Waals surface area contributed by atoms with Crippen molar-refractivity contribution < 1.29 is 9.32 Å². The van der Waals surface area contributed by atoms with Crippen LogP contribution in [0.4, 0.5) is 10.5 Å². The van der Waals surface area contributed by atoms with Crippen molar-refractivity contribution in [3.05, 3.63) is 53.8 Å². The van der Waals surface area contributed by atoms with Gasteiger partial charge in [0.1, 0.15) is 5.76 Å². The number of carbonyl (C=O) groups is 1. The van der Waals surface area contributed by atoms with Gasteiger partial charge < -0.3 is 15.2 Å². The van der Waals surface area contributed by atoms with Crippen molar-refractivity contribution in [3.63, 3.8) is 0 Å². The van der Waals surface area contributed by atoms with Gasteiger partial charge in [-0.3, -0.25) is 0 Å². The maximum Gasteiger partial charge on any atom is 0.319 e. The Labute approximate surface area is 145 Å². The van der Waals surface area contributed by atoms with E-state index in [-0.39, 0.29) is 12.1 Å². The summed E-state index contributed by atoms with van der Waals surface area (Å²) >= 11 is 0. The van der Waals surface area contributed by atoms with Gasteiger partial charge in [-0.15, -0.1) is 0 Å². The molecule has 1 unspecified atom stereocenters. The van der Waals surface area contributed by atoms with Crippen molar-refractivity contribution in [2.24, 2.45) is 0 Å². The Morgan fingerprint density at radius 2 is 2.20 bits per heavy atom. The van der Waals surface area contributed by atoms with E-state index in [9.17, 15) is 4.79 Å². The summed E-state index contributed by atoms with van der Waals surface area (Å²) in [5.74, 6) is 1.46. The van der Waals surface area contributed by atoms with Crippen LogP contribution in [0.15, 0.2) is 41.3 Å². The number of aromatic nitrogens is 4. The molecular formula is C17H20N6O2. The van der Waals surface area contributed by atoms with Crippen molar-refractivity contribution in [2.45, 2.75) is 33.2 Å². The van der Waals surface area contributed by atoms with Crippen LogP contribution in [-0.4, -0.2) is 32.0 Å². The molecule has 0 spiro atoms. The average Bonchev–Trinajstić information content (AvgIpc) is 3.17. The average molecular weight is 340 g/mol. The van der Waals surface area contributed by atoms with E-state index in [1.807, 2.05) is 39.0 Å². The lowest BCUT2D eigenvalue weighted by Gasteiger charge is -2.13. The summed E-state index contributed by atoms with van der Waals surface area (Å²) in [4.78, 5) is 16.4. The number of nitrogens with one attached hydrogen (secondary N) is 2. The molecule has 0 aromatic carbocycles. The molecule has 130 valence electrons. The summed E-state index contributed by atoms with van der Waals surface area (Å²) in [6.07, 6.45) is 5.63. The molecule has 0 bridgehead atoms. The summed E-state index contributed by atoms with van der Waals surface area (Å²) in [6, 6.07) is 5.19. The maximum atomic E-state index is 12.2. The van der Waals surface area contributed by atoms with Gasteiger partial charge in [0, 0.05) is 17.8 Å². The smallest absolute Gasteiger partial charge is 0.319 e. The quantitative estimate of drug-likeness (QED) is 0.744. The molecule has 25 heavy (non-hydrogen) atoms. The summed E-state index contributed by atoms with van der Waals surface area (Å²) in [6.45, 7) is 5.70. The molecule has 2 N–H and O–H groups in total. The Morgan fingerprint density at radius 1 is 1.36 bits per heavy atom. The van der Waals surface area contributed by atoms with Gasteiger partial charge >= 0.3 is 6.03 Å². The minimum Gasteiger partial charge on any atom is -0.361 e. The second kappa shape index (κ2) is 7.16. The van der Waals surface area contributed by atoms with Gasteiger partial charge in [-0.1, -0.05) is 11.2 Å². The fraction of sp³-hybridized carbons (Fsp3) is 0.294. The predicted octanol–water partition coefficient (Wildman–Crippen LogP) is 2.62. The van der Waals surface area contributed by atoms with Gasteiger partial charge in [0.15, 0.2) is 5.82 Å². The highest BCUT2D eigenvalue weighted by Gasteiger charge is 2.15. The maximum absolute atomic E-state index is 12.2. The van der Waals surface area contributed by atoms with E-state index in [1.165, 1.54) is 0 Å². The van der Waals surface area contributed by atoms with Crippen LogP contribution in [0.25, 0.3) is 5.82 Å². The lowest BCUT2D eigenvalue weighted by Crippen LogP contribution is -2.37. The number of anilines is 1. The zero-order valence-corrected chi connectivity index (χ0v) is 14.4. The molecule has 0 aliphatic rings. The topological polar surface area (TPSA) is 97.9 Å². The first kappa shape index (κ1) is 16.7. The van der Waals surface area contributed by atoms with Crippen molar-refractivity contribution in [1.82, 2.24) is 25.2 Å². The SMILES string of the molecule is Cc1noc(C)c1CC(C)NC(=O)Nc1cnn(-c2ccccn2)c1. The van der Waals surface area contributed by atoms with Crippen LogP contribution in [0.2, 0.25) is 0 Å². The fourth-order valence-corrected chi connectivity index (χ4v) is 2.54. The number of hydrogen-bond acceptors (Lipinski definition) is 5. The molecule has 3 heterocycles. The molecule has 3 rings (SSSR count). The molecule has 0 aliphatic carbocycles. The molecule has 0 fully saturated rings. The number of carbonyl (C=O) groups excluding carboxylic acids is 1. The van der Waals surface area contributed by atoms with Gasteiger partial charge in [0.2, 0.25) is 0 Å². The Hall–Kier alpha value is -3.16. The third kappa shape index (κ3) is 4.03. The monoisotopic (exact) mass is 340 g/mol. The van der Waals surface area contributed by atoms with Crippen LogP contribution < -0.4 is 10.6 Å². The molecule has 8 heteroatoms. The first-order valence-corrected chi connectivity index (χ1v) is 7.98. The summed E-state index contributed by atoms with van der Waals surface area (Å²) in [5.41, 5.74) is 2.46. The lowest BCUT2D eigenvalue weighted by molar-refractivity contribution is 0.249. The van der Waals surface area contributed by atoms with E-state index in [4.69, 9.17) is 4.52 Å². The largest absolute Gasteiger partial charge is 0.361 e. The molecule has 0 saturated heterocycles. The lowest BCUT2D eigenvalue weighted by atomic mass is 10.1. The molecule has 0 aliphatic heterocycles. The predicted molar refractivity (Wildman–Crippen MR) is 92.7 cm³/mol. The fourth-order valence-electron chi connectivity index (χ4n) is 2.54. The molecule has 1 atom stereocenters. The third-order valence-electron chi connectivity index (χ3n) is 3.79. The van der Waals surface area contributed by atoms with Gasteiger partial charge in [-0.2, -0.15) is 5.10 Å². The Bertz CT molecular complexity index is 836. The second-order valence-corrected chi connectivity index (χ2v) is 5.87. The summed E-state index contributed by atoms with van der Waals surface area (Å²) in [5, 5.41) is 13.8. The Morgan fingerprint density at radius 3 is 2.88 bits per heavy atom. The first-order chi connectivity index (χ1) is 12.0. The van der Waals surface area contributed by atoms with Crippen LogP contribution in [0.3, 0.4) is 0 Å². The molecule has 3 aromatic rings. The summed E-state index contributed by atoms with van der Waals surface area (Å²) < 4.78 is 6.75. The normalized spacial score (nSPS) is 12.0. The van der Waals surface area contributed by atoms with Gasteiger partial charge in [0.25, 0.3) is 0 Å². The van der Waals surface area contributed by atoms with E-state index < -0.39 is 0 Å². The highest BCUT2D eigenvalue weighted by atomic mass is 16.5. The van der Waals surface area contributed by atoms with Crippen LogP contribution in [0, 0.1) is 13.8 Å². The number of aryl methyl sites for hydroxylation is 2. The van der Waals surface area contributed by atoms with E-state index in [2.05, 4.69) is 25.9 Å². The van der Waals surface area contributed by atoms with Crippen molar-refractivity contribution in [1.29, 1.82) is 0 Å². The second-order valence-electron chi connectivity index (χ2n) is 5.87. The van der Waals surface area contributed by atoms with Gasteiger partial charge in [0.05, 0.1) is 23.8 Å². The number of pyridine rings is 1. The number of nitrogens with zero attached hydrogens (tertiary/aromatic N) is 4. The van der Waals surface area contributed by atoms with E-state index in [0.29, 0.717) is 17.9 Å². The third-order valence-corrected chi connectivity index (χ3v) is 3.79. The minimum absolute atomic E-state index is 0.0670. The van der Waals surface area contributed by atoms with E-state index in [1.54, 1.807) is 23.3 Å². The van der Waals surface area contributed by atoms with Crippen LogP contribution >= 0.6 is 0 Å². The Kier molecular flexibility index (Phi) is 4.78. The van der Waals surface area contributed by atoms with Gasteiger partial charge in [-0.05, 0) is 39.3 Å². The zero-order chi connectivity index (χ0) is 17.8. The Balaban J connectivity index is 1.57. The van der Waals surface area contributed by atoms with E-state index in [0.717, 1.165) is 17.0 Å². The highest BCUT2D eigenvalue weighted by molar-refractivity contribution is 5.89. The van der Waals surface area contributed by atoms with Crippen molar-refractivity contribution >= 4 is 11.7 Å². The first-order valence-electron chi connectivity index (χ1n) is 7.98. The molecular weight excluding hydrogens is 320 g/mol. The van der Waals surface area contributed by atoms with Crippen LogP contribution in [0.1, 0.15) is 23.9 Å². The van der Waals surface area contributed by atoms with Crippen LogP contribution in [-0.2, 0) is 6.42 Å². The van der Waals surface area contributed by atoms with Gasteiger partial charge in [-0.25, -0.2) is 14.5 Å². The number of hydrogen-bond donors (Lipinski definition) is 2. The zero-order valence-electron chi connectivity index (χ0n) is 14.4. The number of rotatable bonds is 5. The number of urea groups is 1. The molecule has 0 saturated carbocycles. The molecule has 2 amide bonds. The van der Waals surface area contributed by atoms with Crippen molar-refractivity contribution in [2.75, 3.05) is 5.32 Å². The van der Waals surface area contributed by atoms with Crippen LogP contribution in [0.5, 0.6) is 0 Å². The molecule has 3 aromatic heterocycles. The number of amides is 2. The van der Waals surface area contributed by atoms with E-state index >= 15 is 0 Å². The highest BCUT2D eigenvalue weighted by Crippen LogP contribution is 2.14. The minimum atomic E-state index is -0.292. The standard InChI is InChI=1S/C17H20N6O2/c1-11(8-15-12(2)22-25-13(15)3)20-17(24)21-14-9-19-23(10-14)16-6-4-5-7-18-16/h4-7,9-11H,8H2,1-3H3,(H2,20,21,24). The molecule has 8 nitrogen and oxygen atoms in total. The summed E-state index contributed by atoms with van der Waals surface area (Å²) in [7, 11) is 0. The molecule has 0 radical (unpaired) electrons.